The fourth-order valence-electron chi connectivity index (χ4n) is 5.09. The van der Waals surface area contributed by atoms with E-state index in [0.717, 1.165) is 5.75 Å². The van der Waals surface area contributed by atoms with Crippen molar-refractivity contribution in [2.75, 3.05) is 7.11 Å². The number of aromatic nitrogens is 2. The predicted octanol–water partition coefficient (Wildman–Crippen LogP) is 3.93. The fraction of sp³-hybridized carbons (Fsp3) is 0.545. The number of methoxy groups -OCH3 is 1. The number of hydrogen-bond acceptors (Lipinski definition) is 3. The molecule has 27 heavy (non-hydrogen) atoms. The Morgan fingerprint density at radius 3 is 2.67 bits per heavy atom. The number of imidazole rings is 1. The summed E-state index contributed by atoms with van der Waals surface area (Å²) in [6, 6.07) is 8.78. The van der Waals surface area contributed by atoms with E-state index in [9.17, 15) is 4.79 Å². The van der Waals surface area contributed by atoms with E-state index in [-0.39, 0.29) is 18.0 Å². The Labute approximate surface area is 161 Å². The van der Waals surface area contributed by atoms with Crippen molar-refractivity contribution in [3.8, 4) is 5.75 Å². The Hall–Kier alpha value is -2.30. The molecule has 1 N–H and O–H groups in total. The zero-order valence-corrected chi connectivity index (χ0v) is 16.2. The Balaban J connectivity index is 1.45. The van der Waals surface area contributed by atoms with Gasteiger partial charge in [-0.1, -0.05) is 25.0 Å². The predicted molar refractivity (Wildman–Crippen MR) is 105 cm³/mol. The number of hydrogen-bond donors (Lipinski definition) is 1. The second kappa shape index (κ2) is 7.75. The van der Waals surface area contributed by atoms with Crippen LogP contribution in [0.2, 0.25) is 0 Å². The minimum Gasteiger partial charge on any atom is -0.497 e. The molecule has 1 aromatic carbocycles. The van der Waals surface area contributed by atoms with E-state index >= 15 is 0 Å². The summed E-state index contributed by atoms with van der Waals surface area (Å²) in [5, 5.41) is 3.38. The van der Waals surface area contributed by atoms with Crippen LogP contribution in [0, 0.1) is 11.8 Å². The number of nitrogens with zero attached hydrogens (tertiary/aromatic N) is 2. The molecular weight excluding hydrogens is 338 g/mol. The first-order valence-electron chi connectivity index (χ1n) is 10.1. The monoisotopic (exact) mass is 367 g/mol. The highest BCUT2D eigenvalue weighted by Crippen LogP contribution is 2.54. The smallest absolute Gasteiger partial charge is 0.222 e. The molecule has 2 fully saturated rings. The summed E-state index contributed by atoms with van der Waals surface area (Å²) < 4.78 is 7.29. The van der Waals surface area contributed by atoms with Crippen LogP contribution in [-0.2, 0) is 4.79 Å². The lowest BCUT2D eigenvalue weighted by Gasteiger charge is -2.55. The van der Waals surface area contributed by atoms with Crippen LogP contribution in [0.25, 0.3) is 0 Å². The molecule has 0 spiro atoms. The summed E-state index contributed by atoms with van der Waals surface area (Å²) in [4.78, 5) is 16.8. The van der Waals surface area contributed by atoms with Crippen LogP contribution in [0.5, 0.6) is 5.75 Å². The van der Waals surface area contributed by atoms with Gasteiger partial charge in [0.15, 0.2) is 0 Å². The third-order valence-electron chi connectivity index (χ3n) is 6.53. The van der Waals surface area contributed by atoms with Gasteiger partial charge >= 0.3 is 0 Å². The average molecular weight is 367 g/mol. The number of nitrogens with one attached hydrogen (secondary N) is 1. The van der Waals surface area contributed by atoms with Gasteiger partial charge in [-0.25, -0.2) is 4.98 Å². The number of fused-ring (bicyclic) bond motifs is 1. The molecular formula is C22H29N3O2. The molecule has 0 radical (unpaired) electrons. The molecule has 0 saturated heterocycles. The summed E-state index contributed by atoms with van der Waals surface area (Å²) in [6.07, 6.45) is 11.0. The largest absolute Gasteiger partial charge is 0.497 e. The van der Waals surface area contributed by atoms with Gasteiger partial charge in [-0.05, 0) is 49.3 Å². The number of carbonyl (C=O) groups excluding carboxylic acids is 1. The maximum Gasteiger partial charge on any atom is 0.222 e. The lowest BCUT2D eigenvalue weighted by atomic mass is 9.53. The lowest BCUT2D eigenvalue weighted by molar-refractivity contribution is -0.125. The van der Waals surface area contributed by atoms with E-state index in [1.165, 1.54) is 31.2 Å². The minimum absolute atomic E-state index is 0.120. The third kappa shape index (κ3) is 3.60. The van der Waals surface area contributed by atoms with Crippen molar-refractivity contribution < 1.29 is 9.53 Å². The maximum atomic E-state index is 12.7. The van der Waals surface area contributed by atoms with Crippen molar-refractivity contribution in [2.24, 2.45) is 11.8 Å². The van der Waals surface area contributed by atoms with Crippen molar-refractivity contribution in [1.29, 1.82) is 0 Å². The Bertz CT molecular complexity index is 756. The molecule has 1 heterocycles. The molecule has 4 rings (SSSR count). The van der Waals surface area contributed by atoms with Crippen molar-refractivity contribution in [3.63, 3.8) is 0 Å². The molecule has 0 aliphatic heterocycles. The van der Waals surface area contributed by atoms with E-state index in [1.54, 1.807) is 19.6 Å². The highest BCUT2D eigenvalue weighted by atomic mass is 16.5. The Morgan fingerprint density at radius 1 is 1.26 bits per heavy atom. The summed E-state index contributed by atoms with van der Waals surface area (Å²) in [7, 11) is 1.69. The SMILES string of the molecule is COc1ccc([C@H]2[C@@H]3CCCC[C@H]3[C@@H]2NC(=O)C[C@H](C)n2ccnc2)cc1. The van der Waals surface area contributed by atoms with Crippen LogP contribution in [0.1, 0.15) is 56.6 Å². The van der Waals surface area contributed by atoms with Gasteiger partial charge in [-0.2, -0.15) is 0 Å². The molecule has 2 saturated carbocycles. The molecule has 5 atom stereocenters. The molecule has 1 amide bonds. The number of ether oxygens (including phenoxy) is 1. The average Bonchev–Trinajstić information content (AvgIpc) is 3.22. The first-order chi connectivity index (χ1) is 13.2. The maximum absolute atomic E-state index is 12.7. The summed E-state index contributed by atoms with van der Waals surface area (Å²) in [5.41, 5.74) is 1.33. The standard InChI is InChI=1S/C22H29N3O2/c1-15(25-12-11-23-14-25)13-20(26)24-22-19-6-4-3-5-18(19)21(22)16-7-9-17(27-2)10-8-16/h7-12,14-15,18-19,21-22H,3-6,13H2,1-2H3,(H,24,26)/t15-,18+,19+,21-,22-/m0/s1. The molecule has 2 aliphatic rings. The highest BCUT2D eigenvalue weighted by molar-refractivity contribution is 5.77. The third-order valence-corrected chi connectivity index (χ3v) is 6.53. The van der Waals surface area contributed by atoms with E-state index in [0.29, 0.717) is 24.2 Å². The number of amides is 1. The molecule has 2 aliphatic carbocycles. The quantitative estimate of drug-likeness (QED) is 0.842. The molecule has 5 heteroatoms. The van der Waals surface area contributed by atoms with Gasteiger partial charge in [0.2, 0.25) is 5.91 Å². The van der Waals surface area contributed by atoms with E-state index in [1.807, 2.05) is 22.9 Å². The second-order valence-electron chi connectivity index (χ2n) is 8.07. The van der Waals surface area contributed by atoms with Crippen LogP contribution < -0.4 is 10.1 Å². The first kappa shape index (κ1) is 18.1. The van der Waals surface area contributed by atoms with Gasteiger partial charge in [0.25, 0.3) is 0 Å². The summed E-state index contributed by atoms with van der Waals surface area (Å²) >= 11 is 0. The molecule has 2 aromatic rings. The Morgan fingerprint density at radius 2 is 2.00 bits per heavy atom. The molecule has 144 valence electrons. The lowest BCUT2D eigenvalue weighted by Crippen LogP contribution is -2.59. The zero-order valence-electron chi connectivity index (χ0n) is 16.2. The van der Waals surface area contributed by atoms with E-state index in [2.05, 4.69) is 29.4 Å². The van der Waals surface area contributed by atoms with Crippen LogP contribution in [0.15, 0.2) is 43.0 Å². The van der Waals surface area contributed by atoms with Crippen LogP contribution in [-0.4, -0.2) is 28.6 Å². The normalized spacial score (nSPS) is 27.9. The molecule has 5 nitrogen and oxygen atoms in total. The van der Waals surface area contributed by atoms with Crippen LogP contribution in [0.3, 0.4) is 0 Å². The van der Waals surface area contributed by atoms with E-state index in [4.69, 9.17) is 4.74 Å². The Kier molecular flexibility index (Phi) is 5.19. The van der Waals surface area contributed by atoms with Crippen LogP contribution in [0.4, 0.5) is 0 Å². The number of rotatable bonds is 6. The van der Waals surface area contributed by atoms with Gasteiger partial charge < -0.3 is 14.6 Å². The van der Waals surface area contributed by atoms with Crippen LogP contribution >= 0.6 is 0 Å². The van der Waals surface area contributed by atoms with Crippen molar-refractivity contribution in [1.82, 2.24) is 14.9 Å². The van der Waals surface area contributed by atoms with E-state index < -0.39 is 0 Å². The van der Waals surface area contributed by atoms with Gasteiger partial charge in [0.1, 0.15) is 5.75 Å². The second-order valence-corrected chi connectivity index (χ2v) is 8.07. The summed E-state index contributed by atoms with van der Waals surface area (Å²) in [6.45, 7) is 2.06. The number of benzene rings is 1. The van der Waals surface area contributed by atoms with Gasteiger partial charge in [0.05, 0.1) is 13.4 Å². The summed E-state index contributed by atoms with van der Waals surface area (Å²) in [5.74, 6) is 2.77. The minimum atomic E-state index is 0.120. The topological polar surface area (TPSA) is 56.1 Å². The molecule has 0 unspecified atom stereocenters. The van der Waals surface area contributed by atoms with Crippen molar-refractivity contribution >= 4 is 5.91 Å². The molecule has 1 aromatic heterocycles. The van der Waals surface area contributed by atoms with Gasteiger partial charge in [0, 0.05) is 36.8 Å². The highest BCUT2D eigenvalue weighted by Gasteiger charge is 2.51. The number of carbonyl (C=O) groups is 1. The fourth-order valence-corrected chi connectivity index (χ4v) is 5.09. The molecule has 0 bridgehead atoms. The zero-order chi connectivity index (χ0) is 18.8. The van der Waals surface area contributed by atoms with Crippen molar-refractivity contribution in [2.45, 2.75) is 57.0 Å². The first-order valence-corrected chi connectivity index (χ1v) is 10.1. The van der Waals surface area contributed by atoms with Gasteiger partial charge in [-0.15, -0.1) is 0 Å². The van der Waals surface area contributed by atoms with Crippen molar-refractivity contribution in [3.05, 3.63) is 48.5 Å². The van der Waals surface area contributed by atoms with Gasteiger partial charge in [-0.3, -0.25) is 4.79 Å².